The third-order valence-corrected chi connectivity index (χ3v) is 5.58. The first kappa shape index (κ1) is 15.1. The Morgan fingerprint density at radius 1 is 1.18 bits per heavy atom. The Morgan fingerprint density at radius 3 is 2.68 bits per heavy atom. The number of halogens is 1. The lowest BCUT2D eigenvalue weighted by molar-refractivity contribution is 0.601. The summed E-state index contributed by atoms with van der Waals surface area (Å²) >= 11 is 6.84. The zero-order valence-corrected chi connectivity index (χ0v) is 13.8. The average molecular weight is 355 g/mol. The highest BCUT2D eigenvalue weighted by Crippen LogP contribution is 2.25. The number of hydrogen-bond donors (Lipinski definition) is 2. The van der Waals surface area contributed by atoms with Crippen molar-refractivity contribution in [3.8, 4) is 0 Å². The summed E-state index contributed by atoms with van der Waals surface area (Å²) in [6, 6.07) is 9.43. The van der Waals surface area contributed by atoms with E-state index in [0.717, 1.165) is 16.9 Å². The number of hydrogen-bond acceptors (Lipinski definition) is 4. The van der Waals surface area contributed by atoms with Crippen molar-refractivity contribution in [3.63, 3.8) is 0 Å². The number of nitrogens with one attached hydrogen (secondary N) is 2. The molecule has 1 heterocycles. The molecule has 22 heavy (non-hydrogen) atoms. The minimum absolute atomic E-state index is 0.101. The second kappa shape index (κ2) is 5.42. The van der Waals surface area contributed by atoms with Crippen LogP contribution in [0.5, 0.6) is 0 Å². The number of H-pyrrole nitrogens is 1. The van der Waals surface area contributed by atoms with Crippen LogP contribution in [-0.2, 0) is 10.0 Å². The first-order chi connectivity index (χ1) is 10.3. The topological polar surface area (TPSA) is 79.0 Å². The zero-order valence-electron chi connectivity index (χ0n) is 11.4. The van der Waals surface area contributed by atoms with Gasteiger partial charge in [0.05, 0.1) is 20.8 Å². The second-order valence-corrected chi connectivity index (χ2v) is 7.87. The number of anilines is 1. The van der Waals surface area contributed by atoms with Crippen molar-refractivity contribution in [2.75, 3.05) is 4.72 Å². The van der Waals surface area contributed by atoms with E-state index in [-0.39, 0.29) is 9.77 Å². The van der Waals surface area contributed by atoms with E-state index in [1.165, 1.54) is 12.1 Å². The van der Waals surface area contributed by atoms with Gasteiger partial charge < -0.3 is 4.98 Å². The highest BCUT2D eigenvalue weighted by atomic mass is 35.5. The standard InChI is InChI=1S/C14H11ClN2O3S2/c1-8-6-9(15)2-4-11(8)17-22(19,20)10-3-5-12-13(7-10)21-14(18)16-12/h2-7,17H,1H3,(H,16,18). The highest BCUT2D eigenvalue weighted by molar-refractivity contribution is 7.92. The Hall–Kier alpha value is -1.83. The molecule has 0 saturated heterocycles. The number of aromatic nitrogens is 1. The van der Waals surface area contributed by atoms with E-state index >= 15 is 0 Å². The lowest BCUT2D eigenvalue weighted by Crippen LogP contribution is -2.13. The van der Waals surface area contributed by atoms with Crippen LogP contribution in [0.3, 0.4) is 0 Å². The van der Waals surface area contributed by atoms with Crippen molar-refractivity contribution in [1.82, 2.24) is 4.98 Å². The minimum Gasteiger partial charge on any atom is -0.312 e. The largest absolute Gasteiger partial charge is 0.312 e. The monoisotopic (exact) mass is 354 g/mol. The fourth-order valence-electron chi connectivity index (χ4n) is 2.04. The molecule has 5 nitrogen and oxygen atoms in total. The molecule has 3 aromatic rings. The van der Waals surface area contributed by atoms with E-state index in [9.17, 15) is 13.2 Å². The summed E-state index contributed by atoms with van der Waals surface area (Å²) in [5, 5.41) is 0.541. The second-order valence-electron chi connectivity index (χ2n) is 4.74. The van der Waals surface area contributed by atoms with Crippen molar-refractivity contribution in [3.05, 3.63) is 56.7 Å². The summed E-state index contributed by atoms with van der Waals surface area (Å²) in [6.45, 7) is 1.77. The van der Waals surface area contributed by atoms with E-state index < -0.39 is 10.0 Å². The molecule has 0 amide bonds. The van der Waals surface area contributed by atoms with Crippen LogP contribution in [0, 0.1) is 6.92 Å². The molecule has 0 aliphatic rings. The van der Waals surface area contributed by atoms with Crippen molar-refractivity contribution in [2.45, 2.75) is 11.8 Å². The summed E-state index contributed by atoms with van der Waals surface area (Å²) in [6.07, 6.45) is 0. The zero-order chi connectivity index (χ0) is 15.9. The summed E-state index contributed by atoms with van der Waals surface area (Å²) in [7, 11) is -3.73. The summed E-state index contributed by atoms with van der Waals surface area (Å²) in [4.78, 5) is 13.8. The summed E-state index contributed by atoms with van der Waals surface area (Å²) < 4.78 is 28.1. The van der Waals surface area contributed by atoms with Crippen LogP contribution in [0.25, 0.3) is 10.2 Å². The van der Waals surface area contributed by atoms with Crippen LogP contribution in [-0.4, -0.2) is 13.4 Å². The van der Waals surface area contributed by atoms with Gasteiger partial charge in [0.1, 0.15) is 0 Å². The molecule has 1 aromatic heterocycles. The molecular weight excluding hydrogens is 344 g/mol. The van der Waals surface area contributed by atoms with Gasteiger partial charge in [0.2, 0.25) is 0 Å². The van der Waals surface area contributed by atoms with Crippen LogP contribution in [0.15, 0.2) is 46.1 Å². The van der Waals surface area contributed by atoms with Crippen molar-refractivity contribution in [2.24, 2.45) is 0 Å². The summed E-state index contributed by atoms with van der Waals surface area (Å²) in [5.74, 6) is 0. The van der Waals surface area contributed by atoms with Crippen LogP contribution in [0.1, 0.15) is 5.56 Å². The van der Waals surface area contributed by atoms with Crippen molar-refractivity contribution >= 4 is 48.9 Å². The van der Waals surface area contributed by atoms with Gasteiger partial charge in [-0.2, -0.15) is 0 Å². The quantitative estimate of drug-likeness (QED) is 0.757. The predicted octanol–water partition coefficient (Wildman–Crippen LogP) is 3.35. The Morgan fingerprint density at radius 2 is 1.95 bits per heavy atom. The number of fused-ring (bicyclic) bond motifs is 1. The fraction of sp³-hybridized carbons (Fsp3) is 0.0714. The van der Waals surface area contributed by atoms with Crippen LogP contribution in [0.2, 0.25) is 5.02 Å². The van der Waals surface area contributed by atoms with E-state index in [2.05, 4.69) is 9.71 Å². The predicted molar refractivity (Wildman–Crippen MR) is 89.4 cm³/mol. The lowest BCUT2D eigenvalue weighted by Gasteiger charge is -2.10. The van der Waals surface area contributed by atoms with Gasteiger partial charge in [-0.3, -0.25) is 9.52 Å². The molecule has 0 unspecified atom stereocenters. The van der Waals surface area contributed by atoms with E-state index in [4.69, 9.17) is 11.6 Å². The van der Waals surface area contributed by atoms with Gasteiger partial charge in [-0.1, -0.05) is 22.9 Å². The molecule has 2 aromatic carbocycles. The van der Waals surface area contributed by atoms with Crippen molar-refractivity contribution in [1.29, 1.82) is 0 Å². The Labute approximate surface area is 135 Å². The smallest absolute Gasteiger partial charge is 0.305 e. The van der Waals surface area contributed by atoms with Gasteiger partial charge >= 0.3 is 4.87 Å². The molecule has 114 valence electrons. The maximum Gasteiger partial charge on any atom is 0.305 e. The van der Waals surface area contributed by atoms with Gasteiger partial charge in [-0.05, 0) is 48.9 Å². The first-order valence-electron chi connectivity index (χ1n) is 6.27. The molecule has 0 aliphatic heterocycles. The van der Waals surface area contributed by atoms with Gasteiger partial charge in [0.15, 0.2) is 0 Å². The number of benzene rings is 2. The molecular formula is C14H11ClN2O3S2. The van der Waals surface area contributed by atoms with Crippen LogP contribution in [0.4, 0.5) is 5.69 Å². The maximum absolute atomic E-state index is 12.5. The van der Waals surface area contributed by atoms with E-state index in [1.807, 2.05) is 0 Å². The van der Waals surface area contributed by atoms with Crippen LogP contribution < -0.4 is 9.60 Å². The molecule has 3 rings (SSSR count). The molecule has 0 bridgehead atoms. The van der Waals surface area contributed by atoms with Gasteiger partial charge in [-0.15, -0.1) is 0 Å². The molecule has 0 atom stereocenters. The molecule has 0 spiro atoms. The minimum atomic E-state index is -3.73. The highest BCUT2D eigenvalue weighted by Gasteiger charge is 2.16. The molecule has 2 N–H and O–H groups in total. The third-order valence-electron chi connectivity index (χ3n) is 3.14. The number of aryl methyl sites for hydroxylation is 1. The SMILES string of the molecule is Cc1cc(Cl)ccc1NS(=O)(=O)c1ccc2[nH]c(=O)sc2c1. The van der Waals surface area contributed by atoms with Crippen molar-refractivity contribution < 1.29 is 8.42 Å². The maximum atomic E-state index is 12.5. The molecule has 0 saturated carbocycles. The number of sulfonamides is 1. The number of rotatable bonds is 3. The summed E-state index contributed by atoms with van der Waals surface area (Å²) in [5.41, 5.74) is 1.81. The Bertz CT molecular complexity index is 1020. The number of aromatic amines is 1. The van der Waals surface area contributed by atoms with Crippen LogP contribution >= 0.6 is 22.9 Å². The van der Waals surface area contributed by atoms with E-state index in [1.54, 1.807) is 31.2 Å². The third kappa shape index (κ3) is 2.87. The average Bonchev–Trinajstić information content (AvgIpc) is 2.81. The molecule has 0 fully saturated rings. The normalized spacial score (nSPS) is 11.7. The first-order valence-corrected chi connectivity index (χ1v) is 8.95. The number of thiazole rings is 1. The van der Waals surface area contributed by atoms with Gasteiger partial charge in [-0.25, -0.2) is 8.42 Å². The molecule has 0 aliphatic carbocycles. The Kier molecular flexibility index (Phi) is 3.72. The molecule has 0 radical (unpaired) electrons. The van der Waals surface area contributed by atoms with Gasteiger partial charge in [0.25, 0.3) is 10.0 Å². The fourth-order valence-corrected chi connectivity index (χ4v) is 4.27. The Balaban J connectivity index is 2.01. The van der Waals surface area contributed by atoms with E-state index in [0.29, 0.717) is 20.9 Å². The van der Waals surface area contributed by atoms with Gasteiger partial charge in [0, 0.05) is 5.02 Å². The molecule has 8 heteroatoms. The lowest BCUT2D eigenvalue weighted by atomic mass is 10.2.